The molecule has 1 aromatic rings. The largest absolute Gasteiger partial charge is 0.455 e. The molecular formula is C24H33N3O6S. The molecule has 34 heavy (non-hydrogen) atoms. The van der Waals surface area contributed by atoms with Crippen LogP contribution in [0.1, 0.15) is 51.0 Å². The molecule has 0 heterocycles. The Morgan fingerprint density at radius 3 is 2.35 bits per heavy atom. The van der Waals surface area contributed by atoms with Gasteiger partial charge in [0.05, 0.1) is 10.3 Å². The van der Waals surface area contributed by atoms with Crippen molar-refractivity contribution in [3.05, 3.63) is 23.8 Å². The summed E-state index contributed by atoms with van der Waals surface area (Å²) in [6.07, 6.45) is 4.87. The number of hydrogen-bond acceptors (Lipinski definition) is 6. The molecule has 0 saturated heterocycles. The highest BCUT2D eigenvalue weighted by Gasteiger charge is 2.61. The van der Waals surface area contributed by atoms with Gasteiger partial charge < -0.3 is 15.4 Å². The third-order valence-electron chi connectivity index (χ3n) is 7.53. The fourth-order valence-electron chi connectivity index (χ4n) is 6.60. The quantitative estimate of drug-likeness (QED) is 0.564. The Bertz CT molecular complexity index is 1120. The van der Waals surface area contributed by atoms with Crippen LogP contribution in [0, 0.1) is 24.2 Å². The number of carbonyl (C=O) groups excluding carboxylic acids is 3. The van der Waals surface area contributed by atoms with Gasteiger partial charge in [0.15, 0.2) is 6.61 Å². The van der Waals surface area contributed by atoms with E-state index in [9.17, 15) is 22.8 Å². The smallest absolute Gasteiger partial charge is 0.312 e. The third kappa shape index (κ3) is 4.57. The number of carbonyl (C=O) groups is 3. The lowest BCUT2D eigenvalue weighted by molar-refractivity contribution is -0.176. The predicted molar refractivity (Wildman–Crippen MR) is 125 cm³/mol. The second-order valence-electron chi connectivity index (χ2n) is 10.6. The van der Waals surface area contributed by atoms with E-state index in [1.165, 1.54) is 33.2 Å². The van der Waals surface area contributed by atoms with E-state index in [1.807, 2.05) is 0 Å². The van der Waals surface area contributed by atoms with Gasteiger partial charge in [-0.3, -0.25) is 14.4 Å². The number of nitrogens with one attached hydrogen (secondary N) is 2. The number of hydrogen-bond donors (Lipinski definition) is 2. The maximum Gasteiger partial charge on any atom is 0.312 e. The number of amides is 2. The van der Waals surface area contributed by atoms with Gasteiger partial charge in [-0.05, 0) is 75.0 Å². The van der Waals surface area contributed by atoms with Crippen molar-refractivity contribution in [2.45, 2.75) is 62.8 Å². The highest BCUT2D eigenvalue weighted by atomic mass is 32.2. The number of nitrogens with zero attached hydrogens (tertiary/aromatic N) is 1. The highest BCUT2D eigenvalue weighted by Crippen LogP contribution is 2.62. The van der Waals surface area contributed by atoms with E-state index < -0.39 is 28.0 Å². The number of benzene rings is 1. The molecule has 5 rings (SSSR count). The first-order chi connectivity index (χ1) is 15.8. The van der Waals surface area contributed by atoms with Gasteiger partial charge >= 0.3 is 5.97 Å². The molecule has 2 N–H and O–H groups in total. The van der Waals surface area contributed by atoms with Crippen LogP contribution in [0.5, 0.6) is 0 Å². The number of rotatable bonds is 7. The first-order valence-corrected chi connectivity index (χ1v) is 13.1. The molecule has 4 saturated carbocycles. The summed E-state index contributed by atoms with van der Waals surface area (Å²) in [6, 6.07) is 4.51. The minimum Gasteiger partial charge on any atom is -0.455 e. The summed E-state index contributed by atoms with van der Waals surface area (Å²) in [6.45, 7) is 2.81. The molecule has 4 atom stereocenters. The van der Waals surface area contributed by atoms with Crippen molar-refractivity contribution in [2.75, 3.05) is 26.0 Å². The van der Waals surface area contributed by atoms with Gasteiger partial charge in [0.1, 0.15) is 0 Å². The van der Waals surface area contributed by atoms with Crippen molar-refractivity contribution in [3.8, 4) is 0 Å². The molecule has 0 spiro atoms. The summed E-state index contributed by atoms with van der Waals surface area (Å²) in [5.41, 5.74) is 0.0221. The molecule has 9 nitrogen and oxygen atoms in total. The molecule has 0 aromatic heterocycles. The zero-order valence-electron chi connectivity index (χ0n) is 20.1. The van der Waals surface area contributed by atoms with Gasteiger partial charge in [0.2, 0.25) is 15.9 Å². The zero-order chi connectivity index (χ0) is 24.9. The predicted octanol–water partition coefficient (Wildman–Crippen LogP) is 2.20. The first kappa shape index (κ1) is 24.7. The van der Waals surface area contributed by atoms with E-state index in [2.05, 4.69) is 10.6 Å². The van der Waals surface area contributed by atoms with Crippen molar-refractivity contribution in [1.82, 2.24) is 9.62 Å². The van der Waals surface area contributed by atoms with E-state index in [-0.39, 0.29) is 22.3 Å². The van der Waals surface area contributed by atoms with Crippen molar-refractivity contribution >= 4 is 33.5 Å². The van der Waals surface area contributed by atoms with Gasteiger partial charge in [-0.2, -0.15) is 0 Å². The van der Waals surface area contributed by atoms with Gasteiger partial charge in [-0.25, -0.2) is 12.7 Å². The Hall–Kier alpha value is -2.46. The Morgan fingerprint density at radius 2 is 1.76 bits per heavy atom. The molecule has 4 bridgehead atoms. The SMILES string of the molecule is CC(=O)NC12C[C@H]3C[C@@H](C1)CC(C(=O)OCC(=O)Nc1cc(S(=O)(=O)N(C)C)ccc1C)(C3)C2. The Labute approximate surface area is 200 Å². The summed E-state index contributed by atoms with van der Waals surface area (Å²) < 4.78 is 31.4. The molecule has 0 radical (unpaired) electrons. The minimum absolute atomic E-state index is 0.0623. The van der Waals surface area contributed by atoms with Crippen LogP contribution in [-0.4, -0.2) is 56.7 Å². The van der Waals surface area contributed by atoms with Crippen molar-refractivity contribution in [2.24, 2.45) is 17.3 Å². The van der Waals surface area contributed by atoms with E-state index in [0.717, 1.165) is 36.4 Å². The summed E-state index contributed by atoms with van der Waals surface area (Å²) in [5, 5.41) is 5.79. The van der Waals surface area contributed by atoms with Gasteiger partial charge in [-0.1, -0.05) is 6.07 Å². The molecule has 10 heteroatoms. The number of anilines is 1. The van der Waals surface area contributed by atoms with E-state index in [0.29, 0.717) is 29.5 Å². The molecule has 0 aliphatic heterocycles. The van der Waals surface area contributed by atoms with Crippen LogP contribution in [0.4, 0.5) is 5.69 Å². The molecular weight excluding hydrogens is 458 g/mol. The van der Waals surface area contributed by atoms with Crippen LogP contribution in [0.3, 0.4) is 0 Å². The third-order valence-corrected chi connectivity index (χ3v) is 9.34. The Balaban J connectivity index is 1.42. The number of ether oxygens (including phenoxy) is 1. The van der Waals surface area contributed by atoms with Crippen LogP contribution in [0.15, 0.2) is 23.1 Å². The number of aryl methyl sites for hydroxylation is 1. The number of sulfonamides is 1. The van der Waals surface area contributed by atoms with Crippen molar-refractivity contribution < 1.29 is 27.5 Å². The van der Waals surface area contributed by atoms with Gasteiger partial charge in [0, 0.05) is 32.2 Å². The maximum absolute atomic E-state index is 13.2. The molecule has 2 unspecified atom stereocenters. The fourth-order valence-corrected chi connectivity index (χ4v) is 7.53. The van der Waals surface area contributed by atoms with E-state index >= 15 is 0 Å². The van der Waals surface area contributed by atoms with Gasteiger partial charge in [0.25, 0.3) is 5.91 Å². The molecule has 2 amide bonds. The number of esters is 1. The lowest BCUT2D eigenvalue weighted by Crippen LogP contribution is -2.64. The minimum atomic E-state index is -3.65. The Kier molecular flexibility index (Phi) is 6.27. The summed E-state index contributed by atoms with van der Waals surface area (Å²) >= 11 is 0. The molecule has 4 aliphatic rings. The maximum atomic E-state index is 13.2. The molecule has 1 aromatic carbocycles. The monoisotopic (exact) mass is 491 g/mol. The lowest BCUT2D eigenvalue weighted by atomic mass is 9.47. The van der Waals surface area contributed by atoms with E-state index in [4.69, 9.17) is 4.74 Å². The lowest BCUT2D eigenvalue weighted by Gasteiger charge is -2.60. The average molecular weight is 492 g/mol. The van der Waals surface area contributed by atoms with Gasteiger partial charge in [-0.15, -0.1) is 0 Å². The van der Waals surface area contributed by atoms with Crippen LogP contribution >= 0.6 is 0 Å². The normalized spacial score (nSPS) is 29.7. The zero-order valence-corrected chi connectivity index (χ0v) is 21.0. The topological polar surface area (TPSA) is 122 Å². The van der Waals surface area contributed by atoms with E-state index in [1.54, 1.807) is 13.0 Å². The highest BCUT2D eigenvalue weighted by molar-refractivity contribution is 7.89. The van der Waals surface area contributed by atoms with Crippen LogP contribution in [-0.2, 0) is 29.1 Å². The fraction of sp³-hybridized carbons (Fsp3) is 0.625. The van der Waals surface area contributed by atoms with Crippen LogP contribution < -0.4 is 10.6 Å². The van der Waals surface area contributed by atoms with Crippen molar-refractivity contribution in [1.29, 1.82) is 0 Å². The standard InChI is InChI=1S/C24H33N3O6S/c1-15-5-6-19(34(31,32)27(3)4)8-20(15)25-21(29)13-33-22(30)23-9-17-7-18(10-23)12-24(11-17,14-23)26-16(2)28/h5-6,8,17-18H,7,9-14H2,1-4H3,(H,25,29)(H,26,28)/t17-,18+,23?,24?. The molecule has 4 fully saturated rings. The summed E-state index contributed by atoms with van der Waals surface area (Å²) in [5.74, 6) is -0.250. The van der Waals surface area contributed by atoms with Crippen LogP contribution in [0.2, 0.25) is 0 Å². The second-order valence-corrected chi connectivity index (χ2v) is 12.7. The van der Waals surface area contributed by atoms with Crippen molar-refractivity contribution in [3.63, 3.8) is 0 Å². The summed E-state index contributed by atoms with van der Waals surface area (Å²) in [4.78, 5) is 37.7. The molecule has 4 aliphatic carbocycles. The van der Waals surface area contributed by atoms with Crippen LogP contribution in [0.25, 0.3) is 0 Å². The summed E-state index contributed by atoms with van der Waals surface area (Å²) in [7, 11) is -0.776. The first-order valence-electron chi connectivity index (χ1n) is 11.6. The average Bonchev–Trinajstić information content (AvgIpc) is 2.71. The Morgan fingerprint density at radius 1 is 1.12 bits per heavy atom. The second kappa shape index (κ2) is 8.64. The molecule has 186 valence electrons.